The van der Waals surface area contributed by atoms with E-state index in [0.29, 0.717) is 13.2 Å². The second-order valence-corrected chi connectivity index (χ2v) is 6.27. The van der Waals surface area contributed by atoms with Crippen LogP contribution in [0.2, 0.25) is 0 Å². The molecule has 0 aliphatic rings. The maximum absolute atomic E-state index is 5.78. The standard InChI is InChI=1S/C18H28O2/c1-15(2)19-12-7-6-8-13-20-17-11-9-10-16(14-17)18(3,4)5/h6-7,9-11,14-15H,8,12-13H2,1-5H3/b7-6+. The summed E-state index contributed by atoms with van der Waals surface area (Å²) in [5.74, 6) is 0.948. The molecule has 20 heavy (non-hydrogen) atoms. The average Bonchev–Trinajstić information content (AvgIpc) is 2.36. The Morgan fingerprint density at radius 3 is 2.55 bits per heavy atom. The smallest absolute Gasteiger partial charge is 0.119 e. The zero-order valence-electron chi connectivity index (χ0n) is 13.5. The van der Waals surface area contributed by atoms with Crippen LogP contribution in [0, 0.1) is 0 Å². The Labute approximate surface area is 123 Å². The molecule has 0 spiro atoms. The van der Waals surface area contributed by atoms with Gasteiger partial charge in [-0.2, -0.15) is 0 Å². The highest BCUT2D eigenvalue weighted by atomic mass is 16.5. The maximum Gasteiger partial charge on any atom is 0.119 e. The molecule has 0 aliphatic carbocycles. The molecule has 112 valence electrons. The minimum atomic E-state index is 0.160. The third kappa shape index (κ3) is 6.76. The highest BCUT2D eigenvalue weighted by Gasteiger charge is 2.13. The maximum atomic E-state index is 5.78. The first-order chi connectivity index (χ1) is 9.39. The lowest BCUT2D eigenvalue weighted by molar-refractivity contribution is 0.102. The van der Waals surface area contributed by atoms with Crippen LogP contribution < -0.4 is 4.74 Å². The first kappa shape index (κ1) is 16.8. The predicted molar refractivity (Wildman–Crippen MR) is 85.5 cm³/mol. The lowest BCUT2D eigenvalue weighted by Crippen LogP contribution is -2.11. The minimum Gasteiger partial charge on any atom is -0.493 e. The number of ether oxygens (including phenoxy) is 2. The molecule has 0 aliphatic heterocycles. The van der Waals surface area contributed by atoms with Crippen molar-refractivity contribution in [1.82, 2.24) is 0 Å². The minimum absolute atomic E-state index is 0.160. The quantitative estimate of drug-likeness (QED) is 0.529. The van der Waals surface area contributed by atoms with Gasteiger partial charge in [-0.05, 0) is 43.4 Å². The molecule has 0 amide bonds. The van der Waals surface area contributed by atoms with Crippen molar-refractivity contribution < 1.29 is 9.47 Å². The van der Waals surface area contributed by atoms with Crippen molar-refractivity contribution in [3.05, 3.63) is 42.0 Å². The Balaban J connectivity index is 2.32. The summed E-state index contributed by atoms with van der Waals surface area (Å²) in [6.45, 7) is 12.1. The molecule has 0 unspecified atom stereocenters. The summed E-state index contributed by atoms with van der Waals surface area (Å²) in [7, 11) is 0. The largest absolute Gasteiger partial charge is 0.493 e. The van der Waals surface area contributed by atoms with Gasteiger partial charge >= 0.3 is 0 Å². The van der Waals surface area contributed by atoms with Crippen LogP contribution in [-0.2, 0) is 10.2 Å². The van der Waals surface area contributed by atoms with Gasteiger partial charge in [0.25, 0.3) is 0 Å². The van der Waals surface area contributed by atoms with Crippen molar-refractivity contribution in [2.24, 2.45) is 0 Å². The van der Waals surface area contributed by atoms with Crippen molar-refractivity contribution in [3.8, 4) is 5.75 Å². The lowest BCUT2D eigenvalue weighted by Gasteiger charge is -2.19. The highest BCUT2D eigenvalue weighted by molar-refractivity contribution is 5.32. The zero-order chi connectivity index (χ0) is 15.0. The van der Waals surface area contributed by atoms with Crippen LogP contribution in [0.3, 0.4) is 0 Å². The van der Waals surface area contributed by atoms with Crippen molar-refractivity contribution >= 4 is 0 Å². The van der Waals surface area contributed by atoms with Gasteiger partial charge in [-0.1, -0.05) is 45.1 Å². The number of hydrogen-bond acceptors (Lipinski definition) is 2. The predicted octanol–water partition coefficient (Wildman–Crippen LogP) is 4.73. The van der Waals surface area contributed by atoms with E-state index in [-0.39, 0.29) is 11.5 Å². The molecule has 0 radical (unpaired) electrons. The zero-order valence-corrected chi connectivity index (χ0v) is 13.5. The second kappa shape index (κ2) is 8.11. The Morgan fingerprint density at radius 1 is 1.15 bits per heavy atom. The van der Waals surface area contributed by atoms with Crippen LogP contribution in [0.4, 0.5) is 0 Å². The third-order valence-corrected chi connectivity index (χ3v) is 2.95. The van der Waals surface area contributed by atoms with E-state index >= 15 is 0 Å². The van der Waals surface area contributed by atoms with Crippen LogP contribution in [0.5, 0.6) is 5.75 Å². The van der Waals surface area contributed by atoms with Crippen molar-refractivity contribution in [2.45, 2.75) is 52.6 Å². The molecule has 0 aromatic heterocycles. The van der Waals surface area contributed by atoms with Crippen molar-refractivity contribution in [2.75, 3.05) is 13.2 Å². The second-order valence-electron chi connectivity index (χ2n) is 6.27. The molecule has 0 bridgehead atoms. The Morgan fingerprint density at radius 2 is 1.90 bits per heavy atom. The van der Waals surface area contributed by atoms with E-state index in [1.165, 1.54) is 5.56 Å². The molecular formula is C18H28O2. The molecule has 0 atom stereocenters. The molecule has 2 nitrogen and oxygen atoms in total. The van der Waals surface area contributed by atoms with Gasteiger partial charge in [-0.3, -0.25) is 0 Å². The van der Waals surface area contributed by atoms with E-state index in [1.807, 2.05) is 19.9 Å². The number of rotatable bonds is 7. The molecule has 0 saturated heterocycles. The molecule has 1 aromatic carbocycles. The third-order valence-electron chi connectivity index (χ3n) is 2.95. The molecule has 0 saturated carbocycles. The van der Waals surface area contributed by atoms with Gasteiger partial charge in [0.15, 0.2) is 0 Å². The molecule has 2 heteroatoms. The lowest BCUT2D eigenvalue weighted by atomic mass is 9.87. The van der Waals surface area contributed by atoms with E-state index in [4.69, 9.17) is 9.47 Å². The van der Waals surface area contributed by atoms with Gasteiger partial charge in [0.2, 0.25) is 0 Å². The molecule has 1 aromatic rings. The topological polar surface area (TPSA) is 18.5 Å². The summed E-state index contributed by atoms with van der Waals surface area (Å²) in [4.78, 5) is 0. The van der Waals surface area contributed by atoms with E-state index < -0.39 is 0 Å². The van der Waals surface area contributed by atoms with Crippen LogP contribution in [-0.4, -0.2) is 19.3 Å². The first-order valence-corrected chi connectivity index (χ1v) is 7.39. The summed E-state index contributed by atoms with van der Waals surface area (Å²) >= 11 is 0. The fourth-order valence-electron chi connectivity index (χ4n) is 1.73. The first-order valence-electron chi connectivity index (χ1n) is 7.39. The molecule has 0 heterocycles. The van der Waals surface area contributed by atoms with Crippen LogP contribution in [0.1, 0.15) is 46.6 Å². The summed E-state index contributed by atoms with van der Waals surface area (Å²) in [5.41, 5.74) is 1.46. The van der Waals surface area contributed by atoms with Gasteiger partial charge in [0.1, 0.15) is 5.75 Å². The summed E-state index contributed by atoms with van der Waals surface area (Å²) in [6, 6.07) is 8.35. The van der Waals surface area contributed by atoms with Gasteiger partial charge < -0.3 is 9.47 Å². The van der Waals surface area contributed by atoms with Crippen LogP contribution in [0.15, 0.2) is 36.4 Å². The Bertz CT molecular complexity index is 414. The van der Waals surface area contributed by atoms with Crippen LogP contribution >= 0.6 is 0 Å². The van der Waals surface area contributed by atoms with Crippen LogP contribution in [0.25, 0.3) is 0 Å². The van der Waals surface area contributed by atoms with Crippen molar-refractivity contribution in [3.63, 3.8) is 0 Å². The average molecular weight is 276 g/mol. The van der Waals surface area contributed by atoms with E-state index in [1.54, 1.807) is 0 Å². The van der Waals surface area contributed by atoms with Crippen molar-refractivity contribution in [1.29, 1.82) is 0 Å². The number of benzene rings is 1. The summed E-state index contributed by atoms with van der Waals surface area (Å²) in [6.07, 6.45) is 5.35. The highest BCUT2D eigenvalue weighted by Crippen LogP contribution is 2.25. The Kier molecular flexibility index (Phi) is 6.80. The molecule has 0 N–H and O–H groups in total. The normalized spacial score (nSPS) is 12.3. The summed E-state index contributed by atoms with van der Waals surface area (Å²) < 4.78 is 11.2. The van der Waals surface area contributed by atoms with E-state index in [9.17, 15) is 0 Å². The van der Waals surface area contributed by atoms with Gasteiger partial charge in [0.05, 0.1) is 19.3 Å². The molecular weight excluding hydrogens is 248 g/mol. The van der Waals surface area contributed by atoms with Gasteiger partial charge in [-0.25, -0.2) is 0 Å². The van der Waals surface area contributed by atoms with Gasteiger partial charge in [-0.15, -0.1) is 0 Å². The molecule has 0 fully saturated rings. The van der Waals surface area contributed by atoms with E-state index in [2.05, 4.69) is 51.1 Å². The summed E-state index contributed by atoms with van der Waals surface area (Å²) in [5, 5.41) is 0. The SMILES string of the molecule is CC(C)OC/C=C/CCOc1cccc(C(C)(C)C)c1. The fourth-order valence-corrected chi connectivity index (χ4v) is 1.73. The Hall–Kier alpha value is -1.28. The van der Waals surface area contributed by atoms with E-state index in [0.717, 1.165) is 12.2 Å². The number of hydrogen-bond donors (Lipinski definition) is 0. The molecule has 1 rings (SSSR count). The monoisotopic (exact) mass is 276 g/mol. The fraction of sp³-hybridized carbons (Fsp3) is 0.556. The van der Waals surface area contributed by atoms with Gasteiger partial charge in [0, 0.05) is 0 Å².